The monoisotopic (exact) mass is 800 g/mol. The highest BCUT2D eigenvalue weighted by Gasteiger charge is 2.48. The minimum atomic E-state index is -0.938. The molecule has 0 radical (unpaired) electrons. The van der Waals surface area contributed by atoms with E-state index in [2.05, 4.69) is 66.7 Å². The smallest absolute Gasteiger partial charge is 0.336 e. The first-order valence-electron chi connectivity index (χ1n) is 19.9. The van der Waals surface area contributed by atoms with Crippen molar-refractivity contribution in [3.8, 4) is 33.8 Å². The largest absolute Gasteiger partial charge is 0.495 e. The second-order valence-electron chi connectivity index (χ2n) is 15.3. The molecular formula is C53H44N4O4. The molecule has 0 aromatic heterocycles. The van der Waals surface area contributed by atoms with Crippen LogP contribution in [0, 0.1) is 0 Å². The number of rotatable bonds is 7. The molecule has 0 unspecified atom stereocenters. The van der Waals surface area contributed by atoms with E-state index in [1.54, 1.807) is 20.3 Å². The van der Waals surface area contributed by atoms with Crippen molar-refractivity contribution < 1.29 is 19.4 Å². The number of aromatic carboxylic acids is 1. The Kier molecular flexibility index (Phi) is 9.48. The molecule has 0 atom stereocenters. The van der Waals surface area contributed by atoms with Crippen LogP contribution in [0.1, 0.15) is 54.9 Å². The molecule has 0 heterocycles. The molecule has 0 spiro atoms. The Morgan fingerprint density at radius 1 is 0.443 bits per heavy atom. The van der Waals surface area contributed by atoms with Crippen LogP contribution in [-0.4, -0.2) is 25.3 Å². The van der Waals surface area contributed by atoms with Crippen molar-refractivity contribution in [2.75, 3.05) is 37.2 Å². The minimum absolute atomic E-state index is 0.299. The first-order valence-corrected chi connectivity index (χ1v) is 19.9. The first kappa shape index (κ1) is 38.5. The van der Waals surface area contributed by atoms with E-state index in [1.165, 1.54) is 22.3 Å². The number of hydrogen-bond acceptors (Lipinski definition) is 7. The molecule has 61 heavy (non-hydrogen) atoms. The summed E-state index contributed by atoms with van der Waals surface area (Å²) in [4.78, 5) is 12.1. The number of ether oxygens (including phenoxy) is 2. The van der Waals surface area contributed by atoms with Crippen molar-refractivity contribution in [1.29, 1.82) is 0 Å². The number of anilines is 4. The zero-order valence-corrected chi connectivity index (χ0v) is 33.7. The lowest BCUT2D eigenvalue weighted by molar-refractivity contribution is 0.0697. The summed E-state index contributed by atoms with van der Waals surface area (Å²) >= 11 is 0. The summed E-state index contributed by atoms with van der Waals surface area (Å²) in [7, 11) is 3.29. The van der Waals surface area contributed by atoms with Gasteiger partial charge in [0.1, 0.15) is 11.5 Å². The number of fused-ring (bicyclic) bond motifs is 6. The molecule has 0 saturated heterocycles. The average molecular weight is 801 g/mol. The van der Waals surface area contributed by atoms with E-state index in [4.69, 9.17) is 32.4 Å². The van der Waals surface area contributed by atoms with E-state index in [9.17, 15) is 9.90 Å². The summed E-state index contributed by atoms with van der Waals surface area (Å²) in [5, 5.41) is 9.93. The average Bonchev–Trinajstić information content (AvgIpc) is 3.76. The topological polar surface area (TPSA) is 160 Å². The summed E-state index contributed by atoms with van der Waals surface area (Å²) in [6.45, 7) is 0. The fourth-order valence-corrected chi connectivity index (χ4v) is 9.67. The summed E-state index contributed by atoms with van der Waals surface area (Å²) in [5.74, 6) is 0.370. The number of carboxylic acids is 1. The Morgan fingerprint density at radius 2 is 0.820 bits per heavy atom. The summed E-state index contributed by atoms with van der Waals surface area (Å²) in [6.07, 6.45) is 0. The maximum atomic E-state index is 12.1. The third-order valence-corrected chi connectivity index (χ3v) is 12.3. The molecule has 0 aliphatic heterocycles. The van der Waals surface area contributed by atoms with E-state index in [0.29, 0.717) is 39.8 Å². The molecule has 10 rings (SSSR count). The molecule has 8 nitrogen and oxygen atoms in total. The van der Waals surface area contributed by atoms with Gasteiger partial charge in [-0.1, -0.05) is 121 Å². The summed E-state index contributed by atoms with van der Waals surface area (Å²) < 4.78 is 11.2. The van der Waals surface area contributed by atoms with Crippen LogP contribution in [0.2, 0.25) is 0 Å². The lowest BCUT2D eigenvalue weighted by Gasteiger charge is -2.34. The highest BCUT2D eigenvalue weighted by molar-refractivity contribution is 6.01. The van der Waals surface area contributed by atoms with Gasteiger partial charge in [-0.2, -0.15) is 0 Å². The van der Waals surface area contributed by atoms with Crippen molar-refractivity contribution in [2.45, 2.75) is 10.8 Å². The third kappa shape index (κ3) is 5.86. The molecule has 2 aliphatic carbocycles. The Labute approximate surface area is 354 Å². The SMILES string of the molecule is COc1cc(C2(c3ccc(N)c(OC)c3)c3ccccc3-c3ccccc32)ccc1N.Nc1ccc(C2(c3ccc(N)cc3)c3ccccc3-c3c(C(=O)O)cccc32)cc1. The van der Waals surface area contributed by atoms with E-state index in [0.717, 1.165) is 44.5 Å². The van der Waals surface area contributed by atoms with Crippen LogP contribution in [0.15, 0.2) is 176 Å². The zero-order valence-electron chi connectivity index (χ0n) is 33.7. The quantitative estimate of drug-likeness (QED) is 0.0996. The number of carbonyl (C=O) groups is 1. The minimum Gasteiger partial charge on any atom is -0.495 e. The van der Waals surface area contributed by atoms with Gasteiger partial charge in [0.2, 0.25) is 0 Å². The Hall–Kier alpha value is -7.97. The van der Waals surface area contributed by atoms with E-state index >= 15 is 0 Å². The summed E-state index contributed by atoms with van der Waals surface area (Å²) in [6, 6.07) is 58.3. The molecule has 0 fully saturated rings. The standard InChI is InChI=1S/C27H24N2O2.C26H20N2O2/c1-30-25-15-17(11-13-23(25)28)27(18-12-14-24(29)26(16-18)31-2)21-9-5-3-7-19(21)20-8-4-6-10-22(20)27;27-18-12-8-16(9-13-18)26(17-10-14-19(28)15-11-17)22-6-2-1-4-20(22)24-21(25(29)30)5-3-7-23(24)26/h3-16H,28-29H2,1-2H3;1-15H,27-28H2,(H,29,30). The molecule has 8 aromatic carbocycles. The van der Waals surface area contributed by atoms with Gasteiger partial charge in [-0.3, -0.25) is 0 Å². The van der Waals surface area contributed by atoms with Gasteiger partial charge < -0.3 is 37.5 Å². The number of nitrogens with two attached hydrogens (primary N) is 4. The number of methoxy groups -OCH3 is 2. The molecule has 2 aliphatic rings. The molecule has 8 aromatic rings. The molecule has 0 saturated carbocycles. The second-order valence-corrected chi connectivity index (χ2v) is 15.3. The fourth-order valence-electron chi connectivity index (χ4n) is 9.67. The third-order valence-electron chi connectivity index (χ3n) is 12.3. The van der Waals surface area contributed by atoms with Crippen LogP contribution >= 0.6 is 0 Å². The highest BCUT2D eigenvalue weighted by Crippen LogP contribution is 2.58. The lowest BCUT2D eigenvalue weighted by Crippen LogP contribution is -2.28. The van der Waals surface area contributed by atoms with Crippen LogP contribution in [0.25, 0.3) is 22.3 Å². The van der Waals surface area contributed by atoms with Gasteiger partial charge in [-0.05, 0) is 116 Å². The summed E-state index contributed by atoms with van der Waals surface area (Å²) in [5.41, 5.74) is 38.7. The van der Waals surface area contributed by atoms with Crippen LogP contribution < -0.4 is 32.4 Å². The van der Waals surface area contributed by atoms with Crippen molar-refractivity contribution in [3.63, 3.8) is 0 Å². The molecule has 9 N–H and O–H groups in total. The van der Waals surface area contributed by atoms with Crippen LogP contribution in [0.5, 0.6) is 11.5 Å². The zero-order chi connectivity index (χ0) is 42.5. The Bertz CT molecular complexity index is 2830. The van der Waals surface area contributed by atoms with Gasteiger partial charge in [0.15, 0.2) is 0 Å². The second kappa shape index (κ2) is 15.0. The van der Waals surface area contributed by atoms with Crippen molar-refractivity contribution in [2.24, 2.45) is 0 Å². The number of carboxylic acid groups (broad SMARTS) is 1. The van der Waals surface area contributed by atoms with Gasteiger partial charge >= 0.3 is 5.97 Å². The molecule has 0 amide bonds. The van der Waals surface area contributed by atoms with Gasteiger partial charge in [-0.25, -0.2) is 4.79 Å². The maximum Gasteiger partial charge on any atom is 0.336 e. The van der Waals surface area contributed by atoms with Gasteiger partial charge in [0.25, 0.3) is 0 Å². The fraction of sp³-hybridized carbons (Fsp3) is 0.0755. The maximum absolute atomic E-state index is 12.1. The van der Waals surface area contributed by atoms with Crippen molar-refractivity contribution >= 4 is 28.7 Å². The van der Waals surface area contributed by atoms with Crippen molar-refractivity contribution in [1.82, 2.24) is 0 Å². The first-order chi connectivity index (χ1) is 29.6. The van der Waals surface area contributed by atoms with E-state index < -0.39 is 16.8 Å². The number of benzene rings is 8. The van der Waals surface area contributed by atoms with E-state index in [1.807, 2.05) is 103 Å². The molecule has 300 valence electrons. The van der Waals surface area contributed by atoms with Crippen LogP contribution in [0.3, 0.4) is 0 Å². The predicted octanol–water partition coefficient (Wildman–Crippen LogP) is 10.1. The predicted molar refractivity (Wildman–Crippen MR) is 245 cm³/mol. The Morgan fingerprint density at radius 3 is 1.26 bits per heavy atom. The van der Waals surface area contributed by atoms with Crippen molar-refractivity contribution in [3.05, 3.63) is 226 Å². The number of nitrogen functional groups attached to an aromatic ring is 4. The van der Waals surface area contributed by atoms with Gasteiger partial charge in [0.05, 0.1) is 42.0 Å². The Balaban J connectivity index is 0.000000156. The normalized spacial score (nSPS) is 13.4. The van der Waals surface area contributed by atoms with E-state index in [-0.39, 0.29) is 0 Å². The number of hydrogen-bond donors (Lipinski definition) is 5. The van der Waals surface area contributed by atoms with Gasteiger partial charge in [-0.15, -0.1) is 0 Å². The molecular weight excluding hydrogens is 757 g/mol. The molecule has 8 heteroatoms. The highest BCUT2D eigenvalue weighted by atomic mass is 16.5. The van der Waals surface area contributed by atoms with Crippen LogP contribution in [-0.2, 0) is 10.8 Å². The lowest BCUT2D eigenvalue weighted by atomic mass is 9.67. The van der Waals surface area contributed by atoms with Gasteiger partial charge in [0, 0.05) is 16.9 Å². The van der Waals surface area contributed by atoms with Crippen LogP contribution in [0.4, 0.5) is 22.7 Å². The molecule has 0 bridgehead atoms.